The van der Waals surface area contributed by atoms with Gasteiger partial charge >= 0.3 is 0 Å². The lowest BCUT2D eigenvalue weighted by Crippen LogP contribution is -2.30. The van der Waals surface area contributed by atoms with Crippen LogP contribution < -0.4 is 0 Å². The summed E-state index contributed by atoms with van der Waals surface area (Å²) in [4.78, 5) is 31.0. The van der Waals surface area contributed by atoms with Gasteiger partial charge in [0.15, 0.2) is 0 Å². The van der Waals surface area contributed by atoms with Crippen LogP contribution in [0.25, 0.3) is 16.7 Å². The topological polar surface area (TPSA) is 73.4 Å². The molecule has 154 valence electrons. The van der Waals surface area contributed by atoms with Crippen molar-refractivity contribution in [3.05, 3.63) is 75.4 Å². The molecule has 1 saturated heterocycles. The van der Waals surface area contributed by atoms with Gasteiger partial charge in [-0.05, 0) is 31.5 Å². The van der Waals surface area contributed by atoms with Gasteiger partial charge in [0, 0.05) is 38.7 Å². The lowest BCUT2D eigenvalue weighted by Gasteiger charge is -2.25. The summed E-state index contributed by atoms with van der Waals surface area (Å²) >= 11 is 3.39. The molecule has 5 nitrogen and oxygen atoms in total. The summed E-state index contributed by atoms with van der Waals surface area (Å²) in [7, 11) is 0. The number of halogens is 1. The summed E-state index contributed by atoms with van der Waals surface area (Å²) in [6, 6.07) is 14.3. The van der Waals surface area contributed by atoms with Gasteiger partial charge < -0.3 is 15.0 Å². The third-order valence-corrected chi connectivity index (χ3v) is 6.16. The number of ketones is 1. The van der Waals surface area contributed by atoms with Crippen molar-refractivity contribution >= 4 is 44.3 Å². The standard InChI is InChI=1S/C24H23BrN2O3/c1-3-4-13-27-21(19-14(2)26-18-8-6-5-7-17(18)19)20(23(29)24(27)30)22(28)15-9-11-16(25)12-10-15/h5-12,21,26,28H,3-4,13H2,1-2H3/b22-20+. The first-order valence-electron chi connectivity index (χ1n) is 10.1. The maximum Gasteiger partial charge on any atom is 0.295 e. The smallest absolute Gasteiger partial charge is 0.295 e. The Morgan fingerprint density at radius 3 is 2.53 bits per heavy atom. The number of unbranched alkanes of at least 4 members (excludes halogenated alkanes) is 1. The molecule has 1 fully saturated rings. The number of aliphatic hydroxyl groups is 1. The average Bonchev–Trinajstić information content (AvgIpc) is 3.19. The largest absolute Gasteiger partial charge is 0.507 e. The van der Waals surface area contributed by atoms with Crippen LogP contribution in [0, 0.1) is 6.92 Å². The zero-order chi connectivity index (χ0) is 21.4. The van der Waals surface area contributed by atoms with E-state index in [4.69, 9.17) is 0 Å². The normalized spacial score (nSPS) is 18.5. The second-order valence-electron chi connectivity index (χ2n) is 7.56. The number of para-hydroxylation sites is 1. The number of hydrogen-bond acceptors (Lipinski definition) is 3. The summed E-state index contributed by atoms with van der Waals surface area (Å²) in [6.07, 6.45) is 1.68. The summed E-state index contributed by atoms with van der Waals surface area (Å²) in [5.41, 5.74) is 3.33. The Morgan fingerprint density at radius 1 is 1.13 bits per heavy atom. The molecule has 1 aliphatic rings. The molecule has 1 unspecified atom stereocenters. The summed E-state index contributed by atoms with van der Waals surface area (Å²) in [6.45, 7) is 4.45. The molecule has 1 amide bonds. The zero-order valence-electron chi connectivity index (χ0n) is 16.9. The fourth-order valence-corrected chi connectivity index (χ4v) is 4.42. The van der Waals surface area contributed by atoms with Crippen molar-refractivity contribution in [2.45, 2.75) is 32.7 Å². The number of aliphatic hydroxyl groups excluding tert-OH is 1. The van der Waals surface area contributed by atoms with E-state index in [1.807, 2.05) is 38.1 Å². The number of aromatic amines is 1. The number of H-pyrrole nitrogens is 1. The van der Waals surface area contributed by atoms with Crippen molar-refractivity contribution in [3.8, 4) is 0 Å². The number of carbonyl (C=O) groups excluding carboxylic acids is 2. The molecule has 0 bridgehead atoms. The Balaban J connectivity index is 1.96. The average molecular weight is 467 g/mol. The third kappa shape index (κ3) is 3.35. The van der Waals surface area contributed by atoms with Gasteiger partial charge in [-0.1, -0.05) is 59.6 Å². The first-order chi connectivity index (χ1) is 14.4. The van der Waals surface area contributed by atoms with Crippen LogP contribution in [0.3, 0.4) is 0 Å². The molecule has 0 aliphatic carbocycles. The Morgan fingerprint density at radius 2 is 1.83 bits per heavy atom. The predicted octanol–water partition coefficient (Wildman–Crippen LogP) is 5.46. The number of nitrogens with one attached hydrogen (secondary N) is 1. The van der Waals surface area contributed by atoms with Gasteiger partial charge in [0.05, 0.1) is 11.6 Å². The molecule has 6 heteroatoms. The molecule has 3 aromatic rings. The lowest BCUT2D eigenvalue weighted by molar-refractivity contribution is -0.139. The molecule has 2 N–H and O–H groups in total. The molecule has 1 atom stereocenters. The van der Waals surface area contributed by atoms with Crippen LogP contribution in [0.1, 0.15) is 42.6 Å². The van der Waals surface area contributed by atoms with Gasteiger partial charge in [-0.3, -0.25) is 9.59 Å². The molecule has 2 heterocycles. The van der Waals surface area contributed by atoms with Crippen LogP contribution in [0.2, 0.25) is 0 Å². The van der Waals surface area contributed by atoms with Crippen molar-refractivity contribution in [1.82, 2.24) is 9.88 Å². The number of aryl methyl sites for hydroxylation is 1. The first kappa shape index (κ1) is 20.4. The van der Waals surface area contributed by atoms with Crippen LogP contribution >= 0.6 is 15.9 Å². The number of aromatic nitrogens is 1. The molecule has 0 radical (unpaired) electrons. The van der Waals surface area contributed by atoms with Gasteiger partial charge in [0.1, 0.15) is 5.76 Å². The number of amides is 1. The van der Waals surface area contributed by atoms with E-state index in [9.17, 15) is 14.7 Å². The van der Waals surface area contributed by atoms with E-state index in [1.54, 1.807) is 29.2 Å². The Kier molecular flexibility index (Phi) is 5.52. The van der Waals surface area contributed by atoms with Crippen molar-refractivity contribution < 1.29 is 14.7 Å². The Bertz CT molecular complexity index is 1160. The highest BCUT2D eigenvalue weighted by molar-refractivity contribution is 9.10. The van der Waals surface area contributed by atoms with Crippen molar-refractivity contribution in [2.24, 2.45) is 0 Å². The van der Waals surface area contributed by atoms with Crippen LogP contribution in [0.5, 0.6) is 0 Å². The summed E-state index contributed by atoms with van der Waals surface area (Å²) in [5.74, 6) is -1.34. The van der Waals surface area contributed by atoms with Crippen LogP contribution in [0.4, 0.5) is 0 Å². The lowest BCUT2D eigenvalue weighted by atomic mass is 9.93. The van der Waals surface area contributed by atoms with Gasteiger partial charge in [-0.25, -0.2) is 0 Å². The SMILES string of the molecule is CCCCN1C(=O)C(=O)/C(=C(/O)c2ccc(Br)cc2)C1c1c(C)[nH]c2ccccc12. The first-order valence-corrected chi connectivity index (χ1v) is 10.8. The second kappa shape index (κ2) is 8.11. The van der Waals surface area contributed by atoms with E-state index in [2.05, 4.69) is 20.9 Å². The van der Waals surface area contributed by atoms with E-state index in [0.717, 1.165) is 39.5 Å². The number of fused-ring (bicyclic) bond motifs is 1. The molecule has 1 aromatic heterocycles. The molecule has 2 aromatic carbocycles. The van der Waals surface area contributed by atoms with Gasteiger partial charge in [-0.2, -0.15) is 0 Å². The molecule has 0 spiro atoms. The number of hydrogen-bond donors (Lipinski definition) is 2. The number of Topliss-reactive ketones (excluding diaryl/α,β-unsaturated/α-hetero) is 1. The van der Waals surface area contributed by atoms with E-state index >= 15 is 0 Å². The molecular weight excluding hydrogens is 444 g/mol. The van der Waals surface area contributed by atoms with E-state index in [-0.39, 0.29) is 11.3 Å². The van der Waals surface area contributed by atoms with Gasteiger partial charge in [-0.15, -0.1) is 0 Å². The molecular formula is C24H23BrN2O3. The summed E-state index contributed by atoms with van der Waals surface area (Å²) < 4.78 is 0.867. The highest BCUT2D eigenvalue weighted by Crippen LogP contribution is 2.43. The zero-order valence-corrected chi connectivity index (χ0v) is 18.5. The second-order valence-corrected chi connectivity index (χ2v) is 8.48. The number of benzene rings is 2. The molecule has 1 aliphatic heterocycles. The number of nitrogens with zero attached hydrogens (tertiary/aromatic N) is 1. The minimum atomic E-state index is -0.638. The van der Waals surface area contributed by atoms with Crippen LogP contribution in [-0.4, -0.2) is 33.2 Å². The number of carbonyl (C=O) groups is 2. The van der Waals surface area contributed by atoms with Gasteiger partial charge in [0.25, 0.3) is 11.7 Å². The minimum Gasteiger partial charge on any atom is -0.507 e. The molecule has 30 heavy (non-hydrogen) atoms. The Hall–Kier alpha value is -2.86. The molecule has 4 rings (SSSR count). The third-order valence-electron chi connectivity index (χ3n) is 5.63. The number of rotatable bonds is 5. The van der Waals surface area contributed by atoms with Crippen molar-refractivity contribution in [3.63, 3.8) is 0 Å². The van der Waals surface area contributed by atoms with E-state index in [0.29, 0.717) is 12.1 Å². The highest BCUT2D eigenvalue weighted by atomic mass is 79.9. The quantitative estimate of drug-likeness (QED) is 0.297. The fraction of sp³-hybridized carbons (Fsp3) is 0.250. The van der Waals surface area contributed by atoms with Crippen molar-refractivity contribution in [1.29, 1.82) is 0 Å². The van der Waals surface area contributed by atoms with Crippen LogP contribution in [0.15, 0.2) is 58.6 Å². The number of likely N-dealkylation sites (tertiary alicyclic amines) is 1. The molecule has 0 saturated carbocycles. The fourth-order valence-electron chi connectivity index (χ4n) is 4.15. The summed E-state index contributed by atoms with van der Waals surface area (Å²) in [5, 5.41) is 12.1. The Labute approximate surface area is 183 Å². The van der Waals surface area contributed by atoms with E-state index in [1.165, 1.54) is 0 Å². The monoisotopic (exact) mass is 466 g/mol. The van der Waals surface area contributed by atoms with Crippen LogP contribution in [-0.2, 0) is 9.59 Å². The highest BCUT2D eigenvalue weighted by Gasteiger charge is 2.47. The van der Waals surface area contributed by atoms with Crippen molar-refractivity contribution in [2.75, 3.05) is 6.54 Å². The van der Waals surface area contributed by atoms with E-state index < -0.39 is 17.7 Å². The maximum absolute atomic E-state index is 13.1. The maximum atomic E-state index is 13.1. The van der Waals surface area contributed by atoms with Gasteiger partial charge in [0.2, 0.25) is 0 Å². The predicted molar refractivity (Wildman–Crippen MR) is 121 cm³/mol. The minimum absolute atomic E-state index is 0.144.